The highest BCUT2D eigenvalue weighted by Gasteiger charge is 2.00. The fourth-order valence-electron chi connectivity index (χ4n) is 2.56. The van der Waals surface area contributed by atoms with Gasteiger partial charge in [-0.25, -0.2) is 0 Å². The Kier molecular flexibility index (Phi) is 17.9. The van der Waals surface area contributed by atoms with E-state index in [0.717, 1.165) is 19.5 Å². The van der Waals surface area contributed by atoms with Crippen molar-refractivity contribution in [3.8, 4) is 0 Å². The van der Waals surface area contributed by atoms with Crippen LogP contribution in [0.3, 0.4) is 0 Å². The first-order valence-electron chi connectivity index (χ1n) is 9.48. The minimum Gasteiger partial charge on any atom is -0.355 e. The highest BCUT2D eigenvalue weighted by Crippen LogP contribution is 2.11. The van der Waals surface area contributed by atoms with Crippen LogP contribution in [0.2, 0.25) is 0 Å². The highest BCUT2D eigenvalue weighted by atomic mass is 16.1. The molecule has 0 aromatic rings. The van der Waals surface area contributed by atoms with Crippen molar-refractivity contribution in [2.24, 2.45) is 5.73 Å². The van der Waals surface area contributed by atoms with E-state index in [4.69, 9.17) is 5.73 Å². The highest BCUT2D eigenvalue weighted by molar-refractivity contribution is 5.75. The van der Waals surface area contributed by atoms with E-state index in [2.05, 4.69) is 17.6 Å². The van der Waals surface area contributed by atoms with Gasteiger partial charge < -0.3 is 16.4 Å². The second-order valence-electron chi connectivity index (χ2n) is 6.17. The number of hydrogen-bond acceptors (Lipinski definition) is 3. The fraction of sp³-hybridized carbons (Fsp3) is 0.944. The summed E-state index contributed by atoms with van der Waals surface area (Å²) in [5.41, 5.74) is 5.37. The van der Waals surface area contributed by atoms with Crippen molar-refractivity contribution in [1.82, 2.24) is 10.6 Å². The molecule has 0 saturated heterocycles. The monoisotopic (exact) mass is 313 g/mol. The van der Waals surface area contributed by atoms with Crippen molar-refractivity contribution in [2.75, 3.05) is 26.2 Å². The molecule has 0 heterocycles. The van der Waals surface area contributed by atoms with E-state index < -0.39 is 0 Å². The number of unbranched alkanes of at least 4 members (excludes halogenated alkanes) is 10. The molecule has 0 atom stereocenters. The SMILES string of the molecule is CCCCCCCCCCCCCC(=O)NCCNCCN. The third-order valence-corrected chi connectivity index (χ3v) is 3.95. The molecule has 0 bridgehead atoms. The predicted molar refractivity (Wildman–Crippen MR) is 96.0 cm³/mol. The van der Waals surface area contributed by atoms with Crippen LogP contribution >= 0.6 is 0 Å². The van der Waals surface area contributed by atoms with Crippen LogP contribution in [0.1, 0.15) is 84.0 Å². The summed E-state index contributed by atoms with van der Waals surface area (Å²) in [6.07, 6.45) is 15.2. The zero-order valence-corrected chi connectivity index (χ0v) is 14.8. The molecular formula is C18H39N3O. The third kappa shape index (κ3) is 17.4. The Balaban J connectivity index is 3.10. The summed E-state index contributed by atoms with van der Waals surface area (Å²) in [4.78, 5) is 11.6. The van der Waals surface area contributed by atoms with Gasteiger partial charge >= 0.3 is 0 Å². The van der Waals surface area contributed by atoms with Gasteiger partial charge in [0.25, 0.3) is 0 Å². The van der Waals surface area contributed by atoms with Gasteiger partial charge in [-0.1, -0.05) is 71.1 Å². The van der Waals surface area contributed by atoms with Crippen molar-refractivity contribution in [3.63, 3.8) is 0 Å². The minimum absolute atomic E-state index is 0.186. The Hall–Kier alpha value is -0.610. The zero-order valence-electron chi connectivity index (χ0n) is 14.8. The first-order chi connectivity index (χ1) is 10.8. The van der Waals surface area contributed by atoms with Crippen LogP contribution in [0.5, 0.6) is 0 Å². The molecule has 0 fully saturated rings. The molecule has 0 spiro atoms. The Labute approximate surface area is 138 Å². The molecule has 4 N–H and O–H groups in total. The summed E-state index contributed by atoms with van der Waals surface area (Å²) in [6, 6.07) is 0. The van der Waals surface area contributed by atoms with Crippen LogP contribution in [0.15, 0.2) is 0 Å². The van der Waals surface area contributed by atoms with Gasteiger partial charge in [-0.3, -0.25) is 4.79 Å². The summed E-state index contributed by atoms with van der Waals surface area (Å²) in [5.74, 6) is 0.186. The number of carbonyl (C=O) groups excluding carboxylic acids is 1. The molecule has 4 nitrogen and oxygen atoms in total. The average molecular weight is 314 g/mol. The van der Waals surface area contributed by atoms with Crippen LogP contribution in [0.25, 0.3) is 0 Å². The lowest BCUT2D eigenvalue weighted by Crippen LogP contribution is -2.33. The standard InChI is InChI=1S/C18H39N3O/c1-2-3-4-5-6-7-8-9-10-11-12-13-18(22)21-17-16-20-15-14-19/h20H,2-17,19H2,1H3,(H,21,22). The molecule has 132 valence electrons. The largest absolute Gasteiger partial charge is 0.355 e. The molecule has 1 amide bonds. The van der Waals surface area contributed by atoms with Gasteiger partial charge in [0.1, 0.15) is 0 Å². The van der Waals surface area contributed by atoms with Gasteiger partial charge in [0.05, 0.1) is 0 Å². The van der Waals surface area contributed by atoms with E-state index in [1.165, 1.54) is 64.2 Å². The van der Waals surface area contributed by atoms with Gasteiger partial charge in [-0.2, -0.15) is 0 Å². The van der Waals surface area contributed by atoms with E-state index in [1.54, 1.807) is 0 Å². The predicted octanol–water partition coefficient (Wildman–Crippen LogP) is 3.35. The number of carbonyl (C=O) groups is 1. The maximum Gasteiger partial charge on any atom is 0.220 e. The second kappa shape index (κ2) is 18.4. The first-order valence-corrected chi connectivity index (χ1v) is 9.48. The molecule has 4 heteroatoms. The third-order valence-electron chi connectivity index (χ3n) is 3.95. The van der Waals surface area contributed by atoms with Crippen molar-refractivity contribution < 1.29 is 4.79 Å². The van der Waals surface area contributed by atoms with Gasteiger partial charge in [0, 0.05) is 32.6 Å². The summed E-state index contributed by atoms with van der Waals surface area (Å²) in [5, 5.41) is 6.10. The maximum atomic E-state index is 11.6. The molecule has 0 aliphatic heterocycles. The number of amides is 1. The summed E-state index contributed by atoms with van der Waals surface area (Å²) in [7, 11) is 0. The van der Waals surface area contributed by atoms with E-state index in [9.17, 15) is 4.79 Å². The van der Waals surface area contributed by atoms with Gasteiger partial charge in [-0.05, 0) is 6.42 Å². The normalized spacial score (nSPS) is 10.8. The molecule has 0 aliphatic carbocycles. The molecule has 0 aromatic heterocycles. The Morgan fingerprint density at radius 3 is 1.86 bits per heavy atom. The zero-order chi connectivity index (χ0) is 16.3. The number of nitrogens with two attached hydrogens (primary N) is 1. The lowest BCUT2D eigenvalue weighted by atomic mass is 10.1. The molecule has 0 aliphatic rings. The maximum absolute atomic E-state index is 11.6. The van der Waals surface area contributed by atoms with Crippen molar-refractivity contribution in [2.45, 2.75) is 84.0 Å². The average Bonchev–Trinajstić information content (AvgIpc) is 2.52. The van der Waals surface area contributed by atoms with Gasteiger partial charge in [-0.15, -0.1) is 0 Å². The lowest BCUT2D eigenvalue weighted by Gasteiger charge is -2.06. The molecule has 0 rings (SSSR count). The topological polar surface area (TPSA) is 67.2 Å². The summed E-state index contributed by atoms with van der Waals surface area (Å²) in [6.45, 7) is 5.23. The van der Waals surface area contributed by atoms with Crippen LogP contribution in [-0.2, 0) is 4.79 Å². The Morgan fingerprint density at radius 2 is 1.32 bits per heavy atom. The molecular weight excluding hydrogens is 274 g/mol. The Morgan fingerprint density at radius 1 is 0.773 bits per heavy atom. The number of nitrogens with one attached hydrogen (secondary N) is 2. The van der Waals surface area contributed by atoms with E-state index in [-0.39, 0.29) is 5.91 Å². The molecule has 0 unspecified atom stereocenters. The molecule has 0 aromatic carbocycles. The van der Waals surface area contributed by atoms with E-state index in [1.807, 2.05) is 0 Å². The van der Waals surface area contributed by atoms with Gasteiger partial charge in [0.2, 0.25) is 5.91 Å². The van der Waals surface area contributed by atoms with Crippen molar-refractivity contribution >= 4 is 5.91 Å². The molecule has 0 saturated carbocycles. The summed E-state index contributed by atoms with van der Waals surface area (Å²) >= 11 is 0. The quantitative estimate of drug-likeness (QED) is 0.361. The number of rotatable bonds is 17. The molecule has 22 heavy (non-hydrogen) atoms. The minimum atomic E-state index is 0.186. The summed E-state index contributed by atoms with van der Waals surface area (Å²) < 4.78 is 0. The van der Waals surface area contributed by atoms with E-state index >= 15 is 0 Å². The fourth-order valence-corrected chi connectivity index (χ4v) is 2.56. The van der Waals surface area contributed by atoms with Crippen LogP contribution in [-0.4, -0.2) is 32.1 Å². The van der Waals surface area contributed by atoms with Gasteiger partial charge in [0.15, 0.2) is 0 Å². The number of hydrogen-bond donors (Lipinski definition) is 3. The van der Waals surface area contributed by atoms with Crippen molar-refractivity contribution in [3.05, 3.63) is 0 Å². The first kappa shape index (κ1) is 21.4. The van der Waals surface area contributed by atoms with Crippen molar-refractivity contribution in [1.29, 1.82) is 0 Å². The van der Waals surface area contributed by atoms with E-state index in [0.29, 0.717) is 19.5 Å². The second-order valence-corrected chi connectivity index (χ2v) is 6.17. The van der Waals surface area contributed by atoms with Crippen LogP contribution < -0.4 is 16.4 Å². The Bertz CT molecular complexity index is 234. The lowest BCUT2D eigenvalue weighted by molar-refractivity contribution is -0.121. The molecule has 0 radical (unpaired) electrons. The smallest absolute Gasteiger partial charge is 0.220 e. The van der Waals surface area contributed by atoms with Crippen LogP contribution in [0.4, 0.5) is 0 Å². The van der Waals surface area contributed by atoms with Crippen LogP contribution in [0, 0.1) is 0 Å².